The number of hydrogen-bond acceptors (Lipinski definition) is 10. The van der Waals surface area contributed by atoms with Crippen molar-refractivity contribution < 1.29 is 32.7 Å². The van der Waals surface area contributed by atoms with Gasteiger partial charge in [0.25, 0.3) is 5.56 Å². The van der Waals surface area contributed by atoms with Gasteiger partial charge in [0.2, 0.25) is 0 Å². The van der Waals surface area contributed by atoms with Gasteiger partial charge < -0.3 is 14.8 Å². The highest BCUT2D eigenvalue weighted by Gasteiger charge is 2.36. The largest absolute Gasteiger partial charge is 0.453 e. The summed E-state index contributed by atoms with van der Waals surface area (Å²) in [7, 11) is -2.56. The number of thioether (sulfide) groups is 1. The number of nitrogens with zero attached hydrogens (tertiary/aromatic N) is 1. The number of benzene rings is 1. The van der Waals surface area contributed by atoms with Crippen LogP contribution in [0.15, 0.2) is 52.2 Å². The van der Waals surface area contributed by atoms with Crippen LogP contribution < -0.4 is 21.7 Å². The van der Waals surface area contributed by atoms with Crippen molar-refractivity contribution in [1.29, 1.82) is 0 Å². The monoisotopic (exact) mass is 626 g/mol. The molecule has 1 fully saturated rings. The van der Waals surface area contributed by atoms with Gasteiger partial charge in [-0.05, 0) is 18.4 Å². The van der Waals surface area contributed by atoms with Gasteiger partial charge in [0.1, 0.15) is 6.23 Å². The SMILES string of the molecule is COC(=O)NCCC(C)(C)C(=O)SCCOP(=O)(NCc1ccccc1)OCC1CC(C)C(n2ccc(=O)[nH]c2=O)O1. The maximum atomic E-state index is 13.7. The lowest BCUT2D eigenvalue weighted by molar-refractivity contribution is -0.118. The third-order valence-corrected chi connectivity index (χ3v) is 9.41. The highest BCUT2D eigenvalue weighted by Crippen LogP contribution is 2.46. The second-order valence-electron chi connectivity index (χ2n) is 10.5. The topological polar surface area (TPSA) is 167 Å². The first-order chi connectivity index (χ1) is 19.9. The third kappa shape index (κ3) is 10.2. The molecule has 0 aliphatic carbocycles. The fourth-order valence-electron chi connectivity index (χ4n) is 4.22. The Bertz CT molecular complexity index is 1350. The molecule has 0 saturated carbocycles. The van der Waals surface area contributed by atoms with Crippen molar-refractivity contribution >= 4 is 30.7 Å². The summed E-state index contributed by atoms with van der Waals surface area (Å²) in [6.45, 7) is 5.90. The first-order valence-electron chi connectivity index (χ1n) is 13.6. The van der Waals surface area contributed by atoms with Crippen LogP contribution in [0, 0.1) is 11.3 Å². The Kier molecular flexibility index (Phi) is 12.6. The summed E-state index contributed by atoms with van der Waals surface area (Å²) in [5, 5.41) is 5.35. The zero-order valence-electron chi connectivity index (χ0n) is 24.2. The van der Waals surface area contributed by atoms with E-state index < -0.39 is 42.8 Å². The molecule has 1 aliphatic rings. The minimum atomic E-state index is -3.83. The molecule has 15 heteroatoms. The number of aromatic amines is 1. The van der Waals surface area contributed by atoms with Crippen molar-refractivity contribution in [3.63, 3.8) is 0 Å². The van der Waals surface area contributed by atoms with Crippen molar-refractivity contribution in [2.45, 2.75) is 52.5 Å². The molecular formula is C27H39N4O9PS. The van der Waals surface area contributed by atoms with E-state index in [1.807, 2.05) is 37.3 Å². The van der Waals surface area contributed by atoms with Crippen LogP contribution in [-0.4, -0.2) is 59.5 Å². The van der Waals surface area contributed by atoms with Crippen LogP contribution in [0.3, 0.4) is 0 Å². The van der Waals surface area contributed by atoms with Crippen LogP contribution in [0.1, 0.15) is 45.4 Å². The predicted octanol–water partition coefficient (Wildman–Crippen LogP) is 3.42. The first kappa shape index (κ1) is 33.8. The molecule has 1 amide bonds. The van der Waals surface area contributed by atoms with Gasteiger partial charge in [-0.2, -0.15) is 0 Å². The van der Waals surface area contributed by atoms with E-state index in [1.54, 1.807) is 13.8 Å². The maximum Gasteiger partial charge on any atom is 0.406 e. The number of H-pyrrole nitrogens is 1. The van der Waals surface area contributed by atoms with Crippen molar-refractivity contribution in [3.05, 3.63) is 69.0 Å². The molecule has 2 aromatic rings. The van der Waals surface area contributed by atoms with Gasteiger partial charge in [-0.1, -0.05) is 62.9 Å². The number of ether oxygens (including phenoxy) is 2. The number of amides is 1. The number of nitrogens with one attached hydrogen (secondary N) is 3. The van der Waals surface area contributed by atoms with Gasteiger partial charge in [-0.15, -0.1) is 0 Å². The van der Waals surface area contributed by atoms with Gasteiger partial charge >= 0.3 is 19.5 Å². The van der Waals surface area contributed by atoms with Crippen molar-refractivity contribution in [1.82, 2.24) is 20.0 Å². The summed E-state index contributed by atoms with van der Waals surface area (Å²) in [5.41, 5.74) is -0.907. The Labute approximate surface area is 248 Å². The Balaban J connectivity index is 1.56. The lowest BCUT2D eigenvalue weighted by Crippen LogP contribution is -2.33. The second kappa shape index (κ2) is 15.6. The highest BCUT2D eigenvalue weighted by atomic mass is 32.2. The molecule has 4 atom stereocenters. The van der Waals surface area contributed by atoms with Crippen molar-refractivity contribution in [3.8, 4) is 0 Å². The van der Waals surface area contributed by atoms with E-state index in [9.17, 15) is 23.7 Å². The molecule has 232 valence electrons. The predicted molar refractivity (Wildman–Crippen MR) is 158 cm³/mol. The number of carbonyl (C=O) groups is 2. The lowest BCUT2D eigenvalue weighted by atomic mass is 9.91. The number of aromatic nitrogens is 2. The first-order valence-corrected chi connectivity index (χ1v) is 16.1. The van der Waals surface area contributed by atoms with Gasteiger partial charge in [0, 0.05) is 42.4 Å². The van der Waals surface area contributed by atoms with E-state index in [-0.39, 0.29) is 43.1 Å². The summed E-state index contributed by atoms with van der Waals surface area (Å²) in [5.74, 6) is 0.162. The lowest BCUT2D eigenvalue weighted by Gasteiger charge is -2.23. The fraction of sp³-hybridized carbons (Fsp3) is 0.556. The smallest absolute Gasteiger partial charge is 0.406 e. The van der Waals surface area contributed by atoms with Crippen molar-refractivity contribution in [2.24, 2.45) is 11.3 Å². The number of methoxy groups -OCH3 is 1. The normalized spacial score (nSPS) is 20.1. The standard InChI is InChI=1S/C27H39N4O9PS/c1-19-16-21(40-23(19)31-13-10-22(32)30-25(31)34)18-39-41(36,29-17-20-8-6-5-7-9-20)38-14-15-42-24(33)27(2,3)11-12-28-26(35)37-4/h5-10,13,19,21,23H,11-12,14-18H2,1-4H3,(H,28,35)(H,29,36)(H,30,32,34). The molecule has 1 saturated heterocycles. The number of carbonyl (C=O) groups excluding carboxylic acids is 2. The third-order valence-electron chi connectivity index (χ3n) is 6.66. The Morgan fingerprint density at radius 1 is 1.19 bits per heavy atom. The van der Waals surface area contributed by atoms with Gasteiger partial charge in [-0.3, -0.25) is 28.2 Å². The number of hydrogen-bond donors (Lipinski definition) is 3. The van der Waals surface area contributed by atoms with E-state index in [0.717, 1.165) is 17.3 Å². The summed E-state index contributed by atoms with van der Waals surface area (Å²) >= 11 is 1.05. The molecule has 1 aromatic heterocycles. The van der Waals surface area contributed by atoms with Crippen LogP contribution >= 0.6 is 19.5 Å². The van der Waals surface area contributed by atoms with E-state index >= 15 is 0 Å². The van der Waals surface area contributed by atoms with Crippen LogP contribution in [-0.2, 0) is 34.4 Å². The molecule has 4 unspecified atom stereocenters. The molecule has 1 aromatic carbocycles. The summed E-state index contributed by atoms with van der Waals surface area (Å²) in [6.07, 6.45) is 0.678. The average molecular weight is 627 g/mol. The minimum absolute atomic E-state index is 0.0245. The van der Waals surface area contributed by atoms with Crippen molar-refractivity contribution in [2.75, 3.05) is 32.6 Å². The van der Waals surface area contributed by atoms with Crippen LogP contribution in [0.4, 0.5) is 4.79 Å². The molecule has 0 radical (unpaired) electrons. The van der Waals surface area contributed by atoms with E-state index in [4.69, 9.17) is 13.8 Å². The van der Waals surface area contributed by atoms with E-state index in [2.05, 4.69) is 20.1 Å². The van der Waals surface area contributed by atoms with Gasteiger partial charge in [-0.25, -0.2) is 19.2 Å². The quantitative estimate of drug-likeness (QED) is 0.196. The molecule has 3 N–H and O–H groups in total. The zero-order valence-corrected chi connectivity index (χ0v) is 25.9. The molecule has 3 rings (SSSR count). The van der Waals surface area contributed by atoms with Gasteiger partial charge in [0.05, 0.1) is 26.4 Å². The molecule has 0 spiro atoms. The molecule has 13 nitrogen and oxygen atoms in total. The van der Waals surface area contributed by atoms with Gasteiger partial charge in [0.15, 0.2) is 5.12 Å². The van der Waals surface area contributed by atoms with E-state index in [0.29, 0.717) is 12.8 Å². The maximum absolute atomic E-state index is 13.7. The Hall–Kier alpha value is -2.74. The average Bonchev–Trinajstić information content (AvgIpc) is 3.33. The summed E-state index contributed by atoms with van der Waals surface area (Å²) in [4.78, 5) is 49.9. The fourth-order valence-corrected chi connectivity index (χ4v) is 6.52. The van der Waals surface area contributed by atoms with E-state index in [1.165, 1.54) is 23.9 Å². The molecule has 0 bridgehead atoms. The van der Waals surface area contributed by atoms with Crippen LogP contribution in [0.5, 0.6) is 0 Å². The number of rotatable bonds is 15. The minimum Gasteiger partial charge on any atom is -0.453 e. The highest BCUT2D eigenvalue weighted by molar-refractivity contribution is 8.13. The summed E-state index contributed by atoms with van der Waals surface area (Å²) < 4.78 is 37.0. The number of alkyl carbamates (subject to hydrolysis) is 1. The Morgan fingerprint density at radius 2 is 1.93 bits per heavy atom. The molecule has 42 heavy (non-hydrogen) atoms. The van der Waals surface area contributed by atoms with Crippen LogP contribution in [0.2, 0.25) is 0 Å². The zero-order chi connectivity index (χ0) is 30.8. The van der Waals surface area contributed by atoms with Crippen LogP contribution in [0.25, 0.3) is 0 Å². The molecule has 1 aliphatic heterocycles. The Morgan fingerprint density at radius 3 is 2.62 bits per heavy atom. The molecule has 2 heterocycles. The second-order valence-corrected chi connectivity index (χ2v) is 13.4. The molecular weight excluding hydrogens is 587 g/mol. The summed E-state index contributed by atoms with van der Waals surface area (Å²) in [6, 6.07) is 10.6.